The lowest BCUT2D eigenvalue weighted by atomic mass is 10.3. The Morgan fingerprint density at radius 3 is 2.73 bits per heavy atom. The Morgan fingerprint density at radius 2 is 2.45 bits per heavy atom. The van der Waals surface area contributed by atoms with Crippen LogP contribution in [0.1, 0.15) is 10.4 Å². The minimum atomic E-state index is -0.431. The van der Waals surface area contributed by atoms with Crippen LogP contribution in [0, 0.1) is 17.0 Å². The summed E-state index contributed by atoms with van der Waals surface area (Å²) in [6.45, 7) is 1.53. The van der Waals surface area contributed by atoms with E-state index in [-0.39, 0.29) is 11.6 Å². The zero-order valence-electron chi connectivity index (χ0n) is 5.90. The van der Waals surface area contributed by atoms with Crippen LogP contribution in [0.5, 0.6) is 0 Å². The summed E-state index contributed by atoms with van der Waals surface area (Å²) < 4.78 is 0. The molecule has 0 aliphatic heterocycles. The van der Waals surface area contributed by atoms with Gasteiger partial charge in [-0.15, -0.1) is 0 Å². The fraction of sp³-hybridized carbons (Fsp3) is 0.333. The molecule has 60 valence electrons. The normalized spacial score (nSPS) is 10.0. The molecule has 5 heteroatoms. The van der Waals surface area contributed by atoms with Gasteiger partial charge in [0.05, 0.1) is 11.5 Å². The van der Waals surface area contributed by atoms with Crippen molar-refractivity contribution in [2.75, 3.05) is 0 Å². The molecule has 1 heterocycles. The van der Waals surface area contributed by atoms with Crippen LogP contribution in [0.15, 0.2) is 6.07 Å². The molecule has 1 N–H and O–H groups in total. The van der Waals surface area contributed by atoms with Crippen molar-refractivity contribution in [1.82, 2.24) is 0 Å². The quantitative estimate of drug-likeness (QED) is 0.544. The number of aliphatic hydroxyl groups is 1. The molecular weight excluding hydrogens is 166 g/mol. The second kappa shape index (κ2) is 2.98. The van der Waals surface area contributed by atoms with Crippen LogP contribution in [0.3, 0.4) is 0 Å². The van der Waals surface area contributed by atoms with Crippen LogP contribution >= 0.6 is 11.3 Å². The molecule has 0 unspecified atom stereocenters. The molecule has 0 saturated carbocycles. The number of rotatable bonds is 2. The molecule has 0 bridgehead atoms. The summed E-state index contributed by atoms with van der Waals surface area (Å²) in [5.74, 6) is 0. The van der Waals surface area contributed by atoms with E-state index in [1.165, 1.54) is 0 Å². The highest BCUT2D eigenvalue weighted by molar-refractivity contribution is 7.15. The van der Waals surface area contributed by atoms with E-state index in [1.807, 2.05) is 0 Å². The predicted molar refractivity (Wildman–Crippen MR) is 41.6 cm³/mol. The summed E-state index contributed by atoms with van der Waals surface area (Å²) in [5, 5.41) is 19.0. The molecule has 0 amide bonds. The lowest BCUT2D eigenvalue weighted by Gasteiger charge is -1.83. The first-order chi connectivity index (χ1) is 5.15. The van der Waals surface area contributed by atoms with E-state index in [9.17, 15) is 10.1 Å². The summed E-state index contributed by atoms with van der Waals surface area (Å²) >= 11 is 1.02. The third kappa shape index (κ3) is 1.55. The van der Waals surface area contributed by atoms with Crippen LogP contribution < -0.4 is 0 Å². The van der Waals surface area contributed by atoms with Crippen LogP contribution in [0.25, 0.3) is 0 Å². The van der Waals surface area contributed by atoms with Gasteiger partial charge < -0.3 is 5.11 Å². The monoisotopic (exact) mass is 173 g/mol. The summed E-state index contributed by atoms with van der Waals surface area (Å²) in [6.07, 6.45) is 0. The highest BCUT2D eigenvalue weighted by atomic mass is 32.1. The molecule has 0 fully saturated rings. The second-order valence-electron chi connectivity index (χ2n) is 2.12. The zero-order chi connectivity index (χ0) is 8.43. The minimum absolute atomic E-state index is 0.119. The Hall–Kier alpha value is -0.940. The lowest BCUT2D eigenvalue weighted by Crippen LogP contribution is -1.84. The Bertz CT molecular complexity index is 281. The topological polar surface area (TPSA) is 63.4 Å². The molecule has 11 heavy (non-hydrogen) atoms. The highest BCUT2D eigenvalue weighted by Gasteiger charge is 2.14. The molecule has 1 rings (SSSR count). The fourth-order valence-electron chi connectivity index (χ4n) is 0.797. The maximum Gasteiger partial charge on any atom is 0.327 e. The first kappa shape index (κ1) is 8.16. The number of aryl methyl sites for hydroxylation is 1. The average molecular weight is 173 g/mol. The maximum absolute atomic E-state index is 10.3. The summed E-state index contributed by atoms with van der Waals surface area (Å²) in [7, 11) is 0. The zero-order valence-corrected chi connectivity index (χ0v) is 6.72. The highest BCUT2D eigenvalue weighted by Crippen LogP contribution is 2.28. The van der Waals surface area contributed by atoms with Gasteiger partial charge in [0.15, 0.2) is 0 Å². The van der Waals surface area contributed by atoms with E-state index in [0.29, 0.717) is 10.4 Å². The van der Waals surface area contributed by atoms with Gasteiger partial charge in [-0.3, -0.25) is 10.1 Å². The van der Waals surface area contributed by atoms with E-state index >= 15 is 0 Å². The van der Waals surface area contributed by atoms with E-state index in [4.69, 9.17) is 5.11 Å². The maximum atomic E-state index is 10.3. The van der Waals surface area contributed by atoms with Crippen molar-refractivity contribution in [3.05, 3.63) is 26.6 Å². The number of aliphatic hydroxyl groups excluding tert-OH is 1. The van der Waals surface area contributed by atoms with Crippen molar-refractivity contribution in [3.63, 3.8) is 0 Å². The largest absolute Gasteiger partial charge is 0.391 e. The number of hydrogen-bond donors (Lipinski definition) is 1. The third-order valence-corrected chi connectivity index (χ3v) is 2.44. The summed E-state index contributed by atoms with van der Waals surface area (Å²) in [6, 6.07) is 1.63. The molecule has 0 aliphatic rings. The van der Waals surface area contributed by atoms with Gasteiger partial charge in [0.1, 0.15) is 0 Å². The van der Waals surface area contributed by atoms with E-state index in [1.54, 1.807) is 13.0 Å². The number of nitrogens with zero attached hydrogens (tertiary/aromatic N) is 1. The molecule has 0 spiro atoms. The molecule has 0 radical (unpaired) electrons. The molecule has 4 nitrogen and oxygen atoms in total. The summed E-state index contributed by atoms with van der Waals surface area (Å²) in [5.41, 5.74) is 0.615. The van der Waals surface area contributed by atoms with Crippen LogP contribution in [0.4, 0.5) is 5.00 Å². The van der Waals surface area contributed by atoms with E-state index in [0.717, 1.165) is 11.3 Å². The van der Waals surface area contributed by atoms with Crippen molar-refractivity contribution in [3.8, 4) is 0 Å². The van der Waals surface area contributed by atoms with Crippen LogP contribution in [-0.4, -0.2) is 10.0 Å². The first-order valence-electron chi connectivity index (χ1n) is 2.99. The first-order valence-corrected chi connectivity index (χ1v) is 3.81. The Labute approximate surface area is 67.2 Å². The molecular formula is C6H7NO3S. The van der Waals surface area contributed by atoms with Crippen molar-refractivity contribution in [2.45, 2.75) is 13.5 Å². The van der Waals surface area contributed by atoms with Gasteiger partial charge in [0.25, 0.3) is 0 Å². The Kier molecular flexibility index (Phi) is 2.21. The Morgan fingerprint density at radius 1 is 1.82 bits per heavy atom. The number of hydrogen-bond acceptors (Lipinski definition) is 4. The number of nitro groups is 1. The van der Waals surface area contributed by atoms with E-state index in [2.05, 4.69) is 0 Å². The fourth-order valence-corrected chi connectivity index (χ4v) is 1.64. The van der Waals surface area contributed by atoms with Gasteiger partial charge in [-0.1, -0.05) is 11.3 Å². The van der Waals surface area contributed by atoms with Gasteiger partial charge in [0.2, 0.25) is 0 Å². The summed E-state index contributed by atoms with van der Waals surface area (Å²) in [4.78, 5) is 10.5. The van der Waals surface area contributed by atoms with Crippen molar-refractivity contribution in [1.29, 1.82) is 0 Å². The van der Waals surface area contributed by atoms with E-state index < -0.39 is 4.92 Å². The minimum Gasteiger partial charge on any atom is -0.391 e. The van der Waals surface area contributed by atoms with Gasteiger partial charge in [-0.25, -0.2) is 0 Å². The van der Waals surface area contributed by atoms with Gasteiger partial charge >= 0.3 is 5.00 Å². The SMILES string of the molecule is Cc1cc(CO)sc1[N+](=O)[O-]. The van der Waals surface area contributed by atoms with Gasteiger partial charge in [-0.2, -0.15) is 0 Å². The van der Waals surface area contributed by atoms with Crippen molar-refractivity contribution >= 4 is 16.3 Å². The second-order valence-corrected chi connectivity index (χ2v) is 3.23. The molecule has 0 aliphatic carbocycles. The lowest BCUT2D eigenvalue weighted by molar-refractivity contribution is -0.380. The molecule has 0 atom stereocenters. The average Bonchev–Trinajstić information content (AvgIpc) is 2.30. The third-order valence-electron chi connectivity index (χ3n) is 1.26. The van der Waals surface area contributed by atoms with Crippen LogP contribution in [0.2, 0.25) is 0 Å². The van der Waals surface area contributed by atoms with Crippen LogP contribution in [-0.2, 0) is 6.61 Å². The Balaban J connectivity index is 3.07. The molecule has 0 saturated heterocycles. The molecule has 1 aromatic heterocycles. The smallest absolute Gasteiger partial charge is 0.327 e. The van der Waals surface area contributed by atoms with Crippen molar-refractivity contribution < 1.29 is 10.0 Å². The van der Waals surface area contributed by atoms with Crippen molar-refractivity contribution in [2.24, 2.45) is 0 Å². The standard InChI is InChI=1S/C6H7NO3S/c1-4-2-5(3-8)11-6(4)7(9)10/h2,8H,3H2,1H3. The molecule has 1 aromatic rings. The number of thiophene rings is 1. The van der Waals surface area contributed by atoms with Gasteiger partial charge in [-0.05, 0) is 13.0 Å². The molecule has 0 aromatic carbocycles. The predicted octanol–water partition coefficient (Wildman–Crippen LogP) is 1.46. The van der Waals surface area contributed by atoms with Gasteiger partial charge in [0, 0.05) is 10.4 Å².